The Hall–Kier alpha value is -2.83. The Morgan fingerprint density at radius 1 is 1.20 bits per heavy atom. The van der Waals surface area contributed by atoms with Crippen LogP contribution in [0.25, 0.3) is 22.1 Å². The van der Waals surface area contributed by atoms with Crippen molar-refractivity contribution in [2.24, 2.45) is 0 Å². The number of para-hydroxylation sites is 1. The zero-order valence-electron chi connectivity index (χ0n) is 17.3. The molecule has 0 N–H and O–H groups in total. The van der Waals surface area contributed by atoms with Crippen molar-refractivity contribution in [3.05, 3.63) is 57.9 Å². The van der Waals surface area contributed by atoms with Gasteiger partial charge >= 0.3 is 0 Å². The predicted molar refractivity (Wildman–Crippen MR) is 114 cm³/mol. The third-order valence-corrected chi connectivity index (χ3v) is 5.94. The Bertz CT molecular complexity index is 1150. The molecule has 1 unspecified atom stereocenters. The number of benzene rings is 2. The van der Waals surface area contributed by atoms with Gasteiger partial charge in [-0.05, 0) is 38.0 Å². The second kappa shape index (κ2) is 7.78. The largest absolute Gasteiger partial charge is 0.496 e. The van der Waals surface area contributed by atoms with Crippen LogP contribution in [0.15, 0.2) is 45.6 Å². The van der Waals surface area contributed by atoms with Crippen molar-refractivity contribution in [2.75, 3.05) is 27.0 Å². The maximum atomic E-state index is 13.5. The summed E-state index contributed by atoms with van der Waals surface area (Å²) in [4.78, 5) is 15.7. The Kier molecular flexibility index (Phi) is 4.97. The molecule has 3 aromatic rings. The maximum Gasteiger partial charge on any atom is 0.200 e. The molecule has 0 amide bonds. The molecule has 0 saturated carbocycles. The van der Waals surface area contributed by atoms with E-state index < -0.39 is 0 Å². The molecule has 1 atom stereocenters. The van der Waals surface area contributed by atoms with E-state index in [9.17, 15) is 4.79 Å². The Morgan fingerprint density at radius 2 is 2.07 bits per heavy atom. The van der Waals surface area contributed by atoms with Gasteiger partial charge in [0.25, 0.3) is 0 Å². The molecular weight excluding hydrogens is 382 g/mol. The lowest BCUT2D eigenvalue weighted by Crippen LogP contribution is -2.37. The highest BCUT2D eigenvalue weighted by molar-refractivity contribution is 5.87. The molecule has 30 heavy (non-hydrogen) atoms. The van der Waals surface area contributed by atoms with E-state index in [0.29, 0.717) is 41.3 Å². The topological polar surface area (TPSA) is 61.1 Å². The van der Waals surface area contributed by atoms with Gasteiger partial charge in [-0.25, -0.2) is 0 Å². The van der Waals surface area contributed by atoms with E-state index in [1.165, 1.54) is 0 Å². The molecule has 0 aliphatic carbocycles. The van der Waals surface area contributed by atoms with Crippen LogP contribution in [0.1, 0.15) is 24.2 Å². The summed E-state index contributed by atoms with van der Waals surface area (Å²) >= 11 is 0. The van der Waals surface area contributed by atoms with Gasteiger partial charge in [0.1, 0.15) is 29.6 Å². The number of hydrogen-bond acceptors (Lipinski definition) is 6. The molecule has 2 aliphatic heterocycles. The van der Waals surface area contributed by atoms with E-state index in [0.717, 1.165) is 42.9 Å². The van der Waals surface area contributed by atoms with Gasteiger partial charge in [0.05, 0.1) is 29.7 Å². The molecule has 2 aliphatic rings. The minimum atomic E-state index is -0.0581. The average Bonchev–Trinajstić information content (AvgIpc) is 3.27. The minimum absolute atomic E-state index is 0.0581. The smallest absolute Gasteiger partial charge is 0.200 e. The van der Waals surface area contributed by atoms with E-state index in [2.05, 4.69) is 4.90 Å². The number of aryl methyl sites for hydroxylation is 1. The van der Waals surface area contributed by atoms with E-state index >= 15 is 0 Å². The number of ether oxygens (including phenoxy) is 3. The number of hydrogen-bond donors (Lipinski definition) is 0. The van der Waals surface area contributed by atoms with Crippen LogP contribution in [-0.4, -0.2) is 38.0 Å². The average molecular weight is 407 g/mol. The lowest BCUT2D eigenvalue weighted by Gasteiger charge is -2.30. The number of rotatable bonds is 4. The van der Waals surface area contributed by atoms with Crippen LogP contribution in [0.4, 0.5) is 0 Å². The van der Waals surface area contributed by atoms with Crippen LogP contribution in [0, 0.1) is 6.92 Å². The van der Waals surface area contributed by atoms with Gasteiger partial charge < -0.3 is 18.6 Å². The number of methoxy groups -OCH3 is 1. The van der Waals surface area contributed by atoms with E-state index in [4.69, 9.17) is 18.6 Å². The summed E-state index contributed by atoms with van der Waals surface area (Å²) in [5.41, 5.74) is 2.74. The van der Waals surface area contributed by atoms with Gasteiger partial charge in [-0.3, -0.25) is 9.69 Å². The molecule has 0 bridgehead atoms. The first-order chi connectivity index (χ1) is 14.7. The molecule has 2 aromatic carbocycles. The SMILES string of the molecule is COc1ccccc1-c1c(C)oc2c3c(ccc2c1=O)OCN(CC1CCCO1)C3. The zero-order valence-corrected chi connectivity index (χ0v) is 17.3. The van der Waals surface area contributed by atoms with Crippen molar-refractivity contribution in [1.29, 1.82) is 0 Å². The first-order valence-corrected chi connectivity index (χ1v) is 10.3. The number of nitrogens with zero attached hydrogens (tertiary/aromatic N) is 1. The molecule has 3 heterocycles. The summed E-state index contributed by atoms with van der Waals surface area (Å²) in [7, 11) is 1.60. The second-order valence-corrected chi connectivity index (χ2v) is 7.90. The van der Waals surface area contributed by atoms with Crippen LogP contribution in [-0.2, 0) is 11.3 Å². The Labute approximate surface area is 175 Å². The first kappa shape index (κ1) is 19.2. The van der Waals surface area contributed by atoms with Crippen LogP contribution in [0.2, 0.25) is 0 Å². The summed E-state index contributed by atoms with van der Waals surface area (Å²) in [6, 6.07) is 11.2. The summed E-state index contributed by atoms with van der Waals surface area (Å²) in [5, 5.41) is 0.558. The molecule has 1 saturated heterocycles. The molecule has 156 valence electrons. The van der Waals surface area contributed by atoms with E-state index in [-0.39, 0.29) is 11.5 Å². The van der Waals surface area contributed by atoms with Gasteiger partial charge in [0.2, 0.25) is 5.43 Å². The van der Waals surface area contributed by atoms with Gasteiger partial charge in [0, 0.05) is 25.3 Å². The molecular formula is C24H25NO5. The van der Waals surface area contributed by atoms with Crippen molar-refractivity contribution in [2.45, 2.75) is 32.4 Å². The molecule has 1 fully saturated rings. The molecule has 0 radical (unpaired) electrons. The summed E-state index contributed by atoms with van der Waals surface area (Å²) in [6.07, 6.45) is 2.43. The van der Waals surface area contributed by atoms with Crippen LogP contribution in [0.3, 0.4) is 0 Å². The maximum absolute atomic E-state index is 13.5. The molecule has 1 aromatic heterocycles. The van der Waals surface area contributed by atoms with Gasteiger partial charge in [-0.1, -0.05) is 18.2 Å². The first-order valence-electron chi connectivity index (χ1n) is 10.3. The Balaban J connectivity index is 1.59. The minimum Gasteiger partial charge on any atom is -0.496 e. The van der Waals surface area contributed by atoms with Crippen LogP contribution >= 0.6 is 0 Å². The summed E-state index contributed by atoms with van der Waals surface area (Å²) in [6.45, 7) is 4.66. The highest BCUT2D eigenvalue weighted by Gasteiger charge is 2.27. The van der Waals surface area contributed by atoms with E-state index in [1.807, 2.05) is 37.3 Å². The highest BCUT2D eigenvalue weighted by Crippen LogP contribution is 2.36. The third-order valence-electron chi connectivity index (χ3n) is 5.94. The van der Waals surface area contributed by atoms with Crippen molar-refractivity contribution < 1.29 is 18.6 Å². The highest BCUT2D eigenvalue weighted by atomic mass is 16.5. The fraction of sp³-hybridized carbons (Fsp3) is 0.375. The van der Waals surface area contributed by atoms with Crippen molar-refractivity contribution in [3.8, 4) is 22.6 Å². The second-order valence-electron chi connectivity index (χ2n) is 7.90. The lowest BCUT2D eigenvalue weighted by atomic mass is 9.99. The molecule has 0 spiro atoms. The van der Waals surface area contributed by atoms with Gasteiger partial charge in [0.15, 0.2) is 0 Å². The number of fused-ring (bicyclic) bond motifs is 3. The van der Waals surface area contributed by atoms with Gasteiger partial charge in [-0.2, -0.15) is 0 Å². The quantitative estimate of drug-likeness (QED) is 0.649. The molecule has 6 heteroatoms. The Morgan fingerprint density at radius 3 is 2.87 bits per heavy atom. The fourth-order valence-electron chi connectivity index (χ4n) is 4.48. The van der Waals surface area contributed by atoms with Crippen molar-refractivity contribution in [1.82, 2.24) is 4.90 Å². The third kappa shape index (κ3) is 3.26. The lowest BCUT2D eigenvalue weighted by molar-refractivity contribution is 0.0281. The summed E-state index contributed by atoms with van der Waals surface area (Å²) < 4.78 is 23.5. The summed E-state index contributed by atoms with van der Waals surface area (Å²) in [5.74, 6) is 2.00. The molecule has 6 nitrogen and oxygen atoms in total. The van der Waals surface area contributed by atoms with Crippen molar-refractivity contribution in [3.63, 3.8) is 0 Å². The van der Waals surface area contributed by atoms with Gasteiger partial charge in [-0.15, -0.1) is 0 Å². The zero-order chi connectivity index (χ0) is 20.7. The van der Waals surface area contributed by atoms with Crippen LogP contribution < -0.4 is 14.9 Å². The fourth-order valence-corrected chi connectivity index (χ4v) is 4.48. The predicted octanol–water partition coefficient (Wildman–Crippen LogP) is 4.11. The standard InChI is InChI=1S/C24H25NO5/c1-15-22(17-7-3-4-8-20(17)27-2)23(26)18-9-10-21-19(24(18)30-15)13-25(14-29-21)12-16-6-5-11-28-16/h3-4,7-10,16H,5-6,11-14H2,1-2H3. The van der Waals surface area contributed by atoms with E-state index in [1.54, 1.807) is 13.2 Å². The van der Waals surface area contributed by atoms with Crippen LogP contribution in [0.5, 0.6) is 11.5 Å². The monoisotopic (exact) mass is 407 g/mol. The van der Waals surface area contributed by atoms with Crippen molar-refractivity contribution >= 4 is 11.0 Å². The normalized spacial score (nSPS) is 18.9. The molecule has 5 rings (SSSR count).